The minimum Gasteiger partial charge on any atom is -0.353 e. The molecule has 1 aromatic carbocycles. The lowest BCUT2D eigenvalue weighted by atomic mass is 9.73. The van der Waals surface area contributed by atoms with Crippen molar-refractivity contribution in [3.8, 4) is 11.1 Å². The second kappa shape index (κ2) is 10.5. The van der Waals surface area contributed by atoms with Crippen molar-refractivity contribution in [1.82, 2.24) is 15.2 Å². The van der Waals surface area contributed by atoms with Gasteiger partial charge in [-0.3, -0.25) is 14.6 Å². The molecule has 5 nitrogen and oxygen atoms in total. The van der Waals surface area contributed by atoms with Crippen LogP contribution >= 0.6 is 0 Å². The van der Waals surface area contributed by atoms with Gasteiger partial charge < -0.3 is 10.2 Å². The Morgan fingerprint density at radius 2 is 1.82 bits per heavy atom. The highest BCUT2D eigenvalue weighted by atomic mass is 16.2. The number of hydrogen-bond donors (Lipinski definition) is 1. The summed E-state index contributed by atoms with van der Waals surface area (Å²) in [4.78, 5) is 33.0. The van der Waals surface area contributed by atoms with Crippen LogP contribution in [0.5, 0.6) is 0 Å². The number of carbonyl (C=O) groups is 2. The molecule has 1 aliphatic heterocycles. The van der Waals surface area contributed by atoms with Crippen LogP contribution < -0.4 is 5.32 Å². The van der Waals surface area contributed by atoms with Gasteiger partial charge in [-0.2, -0.15) is 0 Å². The first-order valence-corrected chi connectivity index (χ1v) is 12.5. The maximum atomic E-state index is 13.6. The van der Waals surface area contributed by atoms with E-state index in [-0.39, 0.29) is 17.9 Å². The molecule has 0 spiro atoms. The van der Waals surface area contributed by atoms with E-state index in [1.165, 1.54) is 12.8 Å². The van der Waals surface area contributed by atoms with Gasteiger partial charge in [-0.1, -0.05) is 37.1 Å². The molecule has 2 heterocycles. The lowest BCUT2D eigenvalue weighted by Gasteiger charge is -2.43. The van der Waals surface area contributed by atoms with Crippen molar-refractivity contribution in [3.05, 3.63) is 54.4 Å². The number of likely N-dealkylation sites (tertiary alicyclic amines) is 1. The van der Waals surface area contributed by atoms with Crippen molar-refractivity contribution in [2.75, 3.05) is 13.1 Å². The summed E-state index contributed by atoms with van der Waals surface area (Å²) in [5, 5.41) is 3.18. The van der Waals surface area contributed by atoms with Crippen LogP contribution in [0.1, 0.15) is 64.4 Å². The van der Waals surface area contributed by atoms with E-state index in [9.17, 15) is 9.59 Å². The third-order valence-electron chi connectivity index (χ3n) is 7.31. The maximum Gasteiger partial charge on any atom is 0.228 e. The van der Waals surface area contributed by atoms with Crippen molar-refractivity contribution < 1.29 is 9.59 Å². The number of pyridine rings is 1. The first-order chi connectivity index (χ1) is 16.0. The van der Waals surface area contributed by atoms with E-state index in [0.717, 1.165) is 48.9 Å². The normalized spacial score (nSPS) is 21.4. The summed E-state index contributed by atoms with van der Waals surface area (Å²) in [6.07, 6.45) is 11.3. The van der Waals surface area contributed by atoms with Gasteiger partial charge in [0.05, 0.1) is 5.41 Å². The van der Waals surface area contributed by atoms with Crippen molar-refractivity contribution >= 4 is 11.8 Å². The Balaban J connectivity index is 1.61. The molecule has 0 bridgehead atoms. The van der Waals surface area contributed by atoms with E-state index in [4.69, 9.17) is 0 Å². The molecule has 2 fully saturated rings. The summed E-state index contributed by atoms with van der Waals surface area (Å²) in [7, 11) is 0. The minimum atomic E-state index is -0.614. The zero-order valence-electron chi connectivity index (χ0n) is 20.1. The molecule has 1 saturated heterocycles. The van der Waals surface area contributed by atoms with Gasteiger partial charge in [0.25, 0.3) is 0 Å². The van der Waals surface area contributed by atoms with E-state index in [1.54, 1.807) is 12.4 Å². The lowest BCUT2D eigenvalue weighted by molar-refractivity contribution is -0.142. The second-order valence-electron chi connectivity index (χ2n) is 10.3. The molecule has 1 atom stereocenters. The summed E-state index contributed by atoms with van der Waals surface area (Å²) >= 11 is 0. The standard InChI is InChI=1S/C28H37N3O2/c1-21(2)30-27(33)28(14-7-17-31(20-28)26(32)18-22-8-3-4-9-22)19-24-10-5-6-11-25(24)23-12-15-29-16-13-23/h5-6,10-13,15-16,21-22H,3-4,7-9,14,17-20H2,1-2H3,(H,30,33)/t28-/m0/s1. The largest absolute Gasteiger partial charge is 0.353 e. The van der Waals surface area contributed by atoms with E-state index in [1.807, 2.05) is 43.0 Å². The highest BCUT2D eigenvalue weighted by molar-refractivity contribution is 5.85. The average molecular weight is 448 g/mol. The molecular formula is C28H37N3O2. The van der Waals surface area contributed by atoms with Gasteiger partial charge in [0.1, 0.15) is 0 Å². The predicted molar refractivity (Wildman–Crippen MR) is 131 cm³/mol. The van der Waals surface area contributed by atoms with E-state index >= 15 is 0 Å². The Morgan fingerprint density at radius 3 is 2.55 bits per heavy atom. The Morgan fingerprint density at radius 1 is 1.09 bits per heavy atom. The van der Waals surface area contributed by atoms with E-state index in [2.05, 4.69) is 22.4 Å². The summed E-state index contributed by atoms with van der Waals surface area (Å²) in [5.74, 6) is 0.817. The molecule has 1 aromatic heterocycles. The van der Waals surface area contributed by atoms with Crippen LogP contribution in [0.3, 0.4) is 0 Å². The number of piperidine rings is 1. The van der Waals surface area contributed by atoms with Gasteiger partial charge in [-0.15, -0.1) is 0 Å². The molecule has 5 heteroatoms. The van der Waals surface area contributed by atoms with Crippen molar-refractivity contribution in [2.24, 2.45) is 11.3 Å². The SMILES string of the molecule is CC(C)NC(=O)[C@]1(Cc2ccccc2-c2ccncc2)CCCN(C(=O)CC2CCCC2)C1. The molecular weight excluding hydrogens is 410 g/mol. The molecule has 1 aliphatic carbocycles. The van der Waals surface area contributed by atoms with Crippen LogP contribution in [-0.4, -0.2) is 40.8 Å². The molecule has 0 unspecified atom stereocenters. The van der Waals surface area contributed by atoms with Crippen molar-refractivity contribution in [1.29, 1.82) is 0 Å². The fourth-order valence-corrected chi connectivity index (χ4v) is 5.61. The maximum absolute atomic E-state index is 13.6. The lowest BCUT2D eigenvalue weighted by Crippen LogP contribution is -2.55. The number of rotatable bonds is 7. The Bertz CT molecular complexity index is 953. The van der Waals surface area contributed by atoms with Crippen LogP contribution in [0, 0.1) is 11.3 Å². The van der Waals surface area contributed by atoms with E-state index in [0.29, 0.717) is 25.3 Å². The zero-order valence-corrected chi connectivity index (χ0v) is 20.1. The van der Waals surface area contributed by atoms with Gasteiger partial charge in [-0.05, 0) is 80.7 Å². The third-order valence-corrected chi connectivity index (χ3v) is 7.31. The van der Waals surface area contributed by atoms with Gasteiger partial charge in [0.15, 0.2) is 0 Å². The highest BCUT2D eigenvalue weighted by Gasteiger charge is 2.44. The predicted octanol–water partition coefficient (Wildman–Crippen LogP) is 5.00. The first-order valence-electron chi connectivity index (χ1n) is 12.5. The van der Waals surface area contributed by atoms with E-state index < -0.39 is 5.41 Å². The molecule has 0 radical (unpaired) electrons. The molecule has 2 amide bonds. The second-order valence-corrected chi connectivity index (χ2v) is 10.3. The van der Waals surface area contributed by atoms with Crippen LogP contribution in [0.15, 0.2) is 48.8 Å². The van der Waals surface area contributed by atoms with Crippen molar-refractivity contribution in [3.63, 3.8) is 0 Å². The van der Waals surface area contributed by atoms with Crippen LogP contribution in [0.25, 0.3) is 11.1 Å². The van der Waals surface area contributed by atoms with Gasteiger partial charge in [0.2, 0.25) is 11.8 Å². The minimum absolute atomic E-state index is 0.0642. The number of nitrogens with one attached hydrogen (secondary N) is 1. The monoisotopic (exact) mass is 447 g/mol. The molecule has 2 aromatic rings. The average Bonchev–Trinajstić information content (AvgIpc) is 3.33. The van der Waals surface area contributed by atoms with Gasteiger partial charge in [0, 0.05) is 37.9 Å². The summed E-state index contributed by atoms with van der Waals surface area (Å²) in [6.45, 7) is 5.26. The zero-order chi connectivity index (χ0) is 23.3. The van der Waals surface area contributed by atoms with Crippen molar-refractivity contribution in [2.45, 2.75) is 71.3 Å². The van der Waals surface area contributed by atoms with Crippen LogP contribution in [0.4, 0.5) is 0 Å². The summed E-state index contributed by atoms with van der Waals surface area (Å²) in [6, 6.07) is 12.4. The number of amides is 2. The summed E-state index contributed by atoms with van der Waals surface area (Å²) in [5.41, 5.74) is 2.76. The van der Waals surface area contributed by atoms with Gasteiger partial charge >= 0.3 is 0 Å². The molecule has 1 N–H and O–H groups in total. The Kier molecular flexibility index (Phi) is 7.46. The fourth-order valence-electron chi connectivity index (χ4n) is 5.61. The van der Waals surface area contributed by atoms with Gasteiger partial charge in [-0.25, -0.2) is 0 Å². The molecule has 2 aliphatic rings. The number of nitrogens with zero attached hydrogens (tertiary/aromatic N) is 2. The quantitative estimate of drug-likeness (QED) is 0.649. The first kappa shape index (κ1) is 23.5. The number of benzene rings is 1. The third kappa shape index (κ3) is 5.63. The smallest absolute Gasteiger partial charge is 0.228 e. The Labute approximate surface area is 198 Å². The van der Waals surface area contributed by atoms with Crippen LogP contribution in [0.2, 0.25) is 0 Å². The van der Waals surface area contributed by atoms with Crippen LogP contribution in [-0.2, 0) is 16.0 Å². The highest BCUT2D eigenvalue weighted by Crippen LogP contribution is 2.38. The number of hydrogen-bond acceptors (Lipinski definition) is 3. The topological polar surface area (TPSA) is 62.3 Å². The molecule has 4 rings (SSSR count). The molecule has 1 saturated carbocycles. The molecule has 176 valence electrons. The number of aromatic nitrogens is 1. The Hall–Kier alpha value is -2.69. The molecule has 33 heavy (non-hydrogen) atoms. The summed E-state index contributed by atoms with van der Waals surface area (Å²) < 4.78 is 0. The number of carbonyl (C=O) groups excluding carboxylic acids is 2. The fraction of sp³-hybridized carbons (Fsp3) is 0.536.